The van der Waals surface area contributed by atoms with Crippen LogP contribution in [0.25, 0.3) is 0 Å². The summed E-state index contributed by atoms with van der Waals surface area (Å²) in [6.45, 7) is 4.43. The number of rotatable bonds is 4. The molecule has 0 aromatic heterocycles. The molecule has 1 saturated heterocycles. The summed E-state index contributed by atoms with van der Waals surface area (Å²) in [5, 5.41) is 2.88. The molecule has 0 atom stereocenters. The summed E-state index contributed by atoms with van der Waals surface area (Å²) in [4.78, 5) is 16.0. The number of nitrogens with one attached hydrogen (secondary N) is 1. The minimum atomic E-state index is -0.00231. The van der Waals surface area contributed by atoms with Crippen LogP contribution < -0.4 is 10.1 Å². The van der Waals surface area contributed by atoms with Gasteiger partial charge in [-0.2, -0.15) is 0 Å². The molecule has 2 amide bonds. The number of urea groups is 1. The van der Waals surface area contributed by atoms with Crippen molar-refractivity contribution < 1.29 is 9.53 Å². The molecule has 1 heterocycles. The van der Waals surface area contributed by atoms with Gasteiger partial charge in [0.1, 0.15) is 12.4 Å². The predicted molar refractivity (Wildman–Crippen MR) is 82.1 cm³/mol. The third-order valence-corrected chi connectivity index (χ3v) is 3.78. The monoisotopic (exact) mass is 341 g/mol. The zero-order chi connectivity index (χ0) is 14.4. The van der Waals surface area contributed by atoms with Crippen LogP contribution in [0.4, 0.5) is 4.79 Å². The van der Waals surface area contributed by atoms with Crippen LogP contribution in [0.1, 0.15) is 0 Å². The van der Waals surface area contributed by atoms with E-state index in [1.54, 1.807) is 0 Å². The number of hydrogen-bond acceptors (Lipinski definition) is 3. The SMILES string of the molecule is CN1CCN(C(=O)NCCOc2ccc(Br)cc2)CC1. The molecule has 0 spiro atoms. The van der Waals surface area contributed by atoms with E-state index >= 15 is 0 Å². The first-order valence-corrected chi connectivity index (χ1v) is 7.54. The van der Waals surface area contributed by atoms with Crippen molar-refractivity contribution in [2.75, 3.05) is 46.4 Å². The molecular weight excluding hydrogens is 322 g/mol. The second-order valence-corrected chi connectivity index (χ2v) is 5.74. The van der Waals surface area contributed by atoms with Gasteiger partial charge in [0.05, 0.1) is 6.54 Å². The zero-order valence-corrected chi connectivity index (χ0v) is 13.2. The number of hydrogen-bond donors (Lipinski definition) is 1. The summed E-state index contributed by atoms with van der Waals surface area (Å²) >= 11 is 3.37. The van der Waals surface area contributed by atoms with Crippen LogP contribution in [0.3, 0.4) is 0 Å². The Morgan fingerprint density at radius 3 is 2.55 bits per heavy atom. The number of likely N-dealkylation sites (N-methyl/N-ethyl adjacent to an activating group) is 1. The number of carbonyl (C=O) groups excluding carboxylic acids is 1. The molecular formula is C14H20BrN3O2. The van der Waals surface area contributed by atoms with E-state index in [-0.39, 0.29) is 6.03 Å². The first-order valence-electron chi connectivity index (χ1n) is 6.75. The third-order valence-electron chi connectivity index (χ3n) is 3.25. The topological polar surface area (TPSA) is 44.8 Å². The van der Waals surface area contributed by atoms with E-state index in [0.29, 0.717) is 13.2 Å². The van der Waals surface area contributed by atoms with Crippen molar-refractivity contribution in [2.45, 2.75) is 0 Å². The second kappa shape index (κ2) is 7.50. The molecule has 110 valence electrons. The molecule has 1 N–H and O–H groups in total. The number of carbonyl (C=O) groups is 1. The zero-order valence-electron chi connectivity index (χ0n) is 11.6. The fourth-order valence-corrected chi connectivity index (χ4v) is 2.24. The van der Waals surface area contributed by atoms with Gasteiger partial charge in [0.25, 0.3) is 0 Å². The van der Waals surface area contributed by atoms with Gasteiger partial charge in [0, 0.05) is 30.7 Å². The van der Waals surface area contributed by atoms with E-state index in [9.17, 15) is 4.79 Å². The van der Waals surface area contributed by atoms with Gasteiger partial charge in [-0.15, -0.1) is 0 Å². The van der Waals surface area contributed by atoms with Crippen molar-refractivity contribution in [3.8, 4) is 5.75 Å². The number of benzene rings is 1. The van der Waals surface area contributed by atoms with E-state index in [1.807, 2.05) is 29.2 Å². The number of ether oxygens (including phenoxy) is 1. The smallest absolute Gasteiger partial charge is 0.317 e. The van der Waals surface area contributed by atoms with Gasteiger partial charge < -0.3 is 19.9 Å². The largest absolute Gasteiger partial charge is 0.492 e. The quantitative estimate of drug-likeness (QED) is 0.849. The Labute approximate surface area is 128 Å². The maximum Gasteiger partial charge on any atom is 0.317 e. The molecule has 6 heteroatoms. The maximum absolute atomic E-state index is 11.9. The van der Waals surface area contributed by atoms with Gasteiger partial charge in [0.15, 0.2) is 0 Å². The molecule has 1 fully saturated rings. The van der Waals surface area contributed by atoms with Crippen molar-refractivity contribution >= 4 is 22.0 Å². The Morgan fingerprint density at radius 2 is 1.90 bits per heavy atom. The molecule has 0 aliphatic carbocycles. The lowest BCUT2D eigenvalue weighted by Gasteiger charge is -2.32. The maximum atomic E-state index is 11.9. The van der Waals surface area contributed by atoms with Crippen molar-refractivity contribution in [3.63, 3.8) is 0 Å². The summed E-state index contributed by atoms with van der Waals surface area (Å²) in [5.41, 5.74) is 0. The predicted octanol–water partition coefficient (Wildman–Crippen LogP) is 1.78. The fraction of sp³-hybridized carbons (Fsp3) is 0.500. The van der Waals surface area contributed by atoms with Gasteiger partial charge in [-0.3, -0.25) is 0 Å². The number of amides is 2. The Hall–Kier alpha value is -1.27. The molecule has 1 aliphatic heterocycles. The van der Waals surface area contributed by atoms with E-state index in [2.05, 4.69) is 33.2 Å². The minimum Gasteiger partial charge on any atom is -0.492 e. The molecule has 0 bridgehead atoms. The van der Waals surface area contributed by atoms with Crippen molar-refractivity contribution in [1.29, 1.82) is 0 Å². The van der Waals surface area contributed by atoms with E-state index < -0.39 is 0 Å². The van der Waals surface area contributed by atoms with Crippen molar-refractivity contribution in [3.05, 3.63) is 28.7 Å². The molecule has 0 saturated carbocycles. The van der Waals surface area contributed by atoms with E-state index in [0.717, 1.165) is 36.4 Å². The lowest BCUT2D eigenvalue weighted by molar-refractivity contribution is 0.153. The molecule has 5 nitrogen and oxygen atoms in total. The summed E-state index contributed by atoms with van der Waals surface area (Å²) in [7, 11) is 2.07. The third kappa shape index (κ3) is 4.68. The van der Waals surface area contributed by atoms with Crippen LogP contribution in [-0.4, -0.2) is 62.2 Å². The average molecular weight is 342 g/mol. The molecule has 1 aromatic carbocycles. The van der Waals surface area contributed by atoms with Crippen LogP contribution in [0, 0.1) is 0 Å². The van der Waals surface area contributed by atoms with Gasteiger partial charge in [0.2, 0.25) is 0 Å². The highest BCUT2D eigenvalue weighted by atomic mass is 79.9. The van der Waals surface area contributed by atoms with Crippen LogP contribution in [-0.2, 0) is 0 Å². The molecule has 0 unspecified atom stereocenters. The molecule has 1 aromatic rings. The Kier molecular flexibility index (Phi) is 5.67. The standard InChI is InChI=1S/C14H20BrN3O2/c1-17-7-9-18(10-8-17)14(19)16-6-11-20-13-4-2-12(15)3-5-13/h2-5H,6-11H2,1H3,(H,16,19). The van der Waals surface area contributed by atoms with Crippen LogP contribution >= 0.6 is 15.9 Å². The van der Waals surface area contributed by atoms with Crippen LogP contribution in [0.15, 0.2) is 28.7 Å². The molecule has 1 aliphatic rings. The Bertz CT molecular complexity index is 431. The van der Waals surface area contributed by atoms with Crippen LogP contribution in [0.2, 0.25) is 0 Å². The highest BCUT2D eigenvalue weighted by molar-refractivity contribution is 9.10. The highest BCUT2D eigenvalue weighted by Crippen LogP contribution is 2.15. The molecule has 0 radical (unpaired) electrons. The summed E-state index contributed by atoms with van der Waals surface area (Å²) in [5.74, 6) is 0.807. The number of piperazine rings is 1. The van der Waals surface area contributed by atoms with Gasteiger partial charge >= 0.3 is 6.03 Å². The van der Waals surface area contributed by atoms with Gasteiger partial charge in [-0.25, -0.2) is 4.79 Å². The summed E-state index contributed by atoms with van der Waals surface area (Å²) < 4.78 is 6.57. The van der Waals surface area contributed by atoms with Gasteiger partial charge in [-0.1, -0.05) is 15.9 Å². The van der Waals surface area contributed by atoms with E-state index in [1.165, 1.54) is 0 Å². The first-order chi connectivity index (χ1) is 9.65. The summed E-state index contributed by atoms with van der Waals surface area (Å²) in [6.07, 6.45) is 0. The molecule has 2 rings (SSSR count). The van der Waals surface area contributed by atoms with E-state index in [4.69, 9.17) is 4.74 Å². The Balaban J connectivity index is 1.63. The lowest BCUT2D eigenvalue weighted by atomic mass is 10.3. The number of halogens is 1. The summed E-state index contributed by atoms with van der Waals surface area (Å²) in [6, 6.07) is 7.65. The normalized spacial score (nSPS) is 16.0. The first kappa shape index (κ1) is 15.1. The van der Waals surface area contributed by atoms with Crippen LogP contribution in [0.5, 0.6) is 5.75 Å². The van der Waals surface area contributed by atoms with Crippen molar-refractivity contribution in [2.24, 2.45) is 0 Å². The highest BCUT2D eigenvalue weighted by Gasteiger charge is 2.18. The average Bonchev–Trinajstić information content (AvgIpc) is 2.46. The Morgan fingerprint density at radius 1 is 1.25 bits per heavy atom. The minimum absolute atomic E-state index is 0.00231. The lowest BCUT2D eigenvalue weighted by Crippen LogP contribution is -2.51. The fourth-order valence-electron chi connectivity index (χ4n) is 1.98. The second-order valence-electron chi connectivity index (χ2n) is 4.82. The number of nitrogens with zero attached hydrogens (tertiary/aromatic N) is 2. The van der Waals surface area contributed by atoms with Crippen molar-refractivity contribution in [1.82, 2.24) is 15.1 Å². The molecule has 20 heavy (non-hydrogen) atoms. The van der Waals surface area contributed by atoms with Gasteiger partial charge in [-0.05, 0) is 31.3 Å².